The highest BCUT2D eigenvalue weighted by atomic mass is 16.5. The van der Waals surface area contributed by atoms with Crippen molar-refractivity contribution in [2.75, 3.05) is 6.61 Å². The monoisotopic (exact) mass is 358 g/mol. The van der Waals surface area contributed by atoms with E-state index in [1.807, 2.05) is 32.0 Å². The van der Waals surface area contributed by atoms with E-state index in [2.05, 4.69) is 6.92 Å². The Morgan fingerprint density at radius 1 is 1.19 bits per heavy atom. The predicted molar refractivity (Wildman–Crippen MR) is 101 cm³/mol. The first-order chi connectivity index (χ1) is 12.6. The van der Waals surface area contributed by atoms with Gasteiger partial charge in [0.2, 0.25) is 11.5 Å². The molecule has 1 fully saturated rings. The lowest BCUT2D eigenvalue weighted by Crippen LogP contribution is -2.42. The second-order valence-corrected chi connectivity index (χ2v) is 7.51. The Hall–Kier alpha value is -1.81. The second-order valence-electron chi connectivity index (χ2n) is 7.51. The number of benzene rings is 1. The fraction of sp³-hybridized carbons (Fsp3) is 0.591. The molecular formula is C22H30O4. The van der Waals surface area contributed by atoms with E-state index in [1.54, 1.807) is 0 Å². The molecule has 1 saturated carbocycles. The number of rotatable bonds is 7. The molecule has 3 atom stereocenters. The molecule has 1 aromatic rings. The number of carbonyl (C=O) groups excluding carboxylic acids is 1. The summed E-state index contributed by atoms with van der Waals surface area (Å²) in [5.41, 5.74) is 2.12. The lowest BCUT2D eigenvalue weighted by molar-refractivity contribution is -0.133. The van der Waals surface area contributed by atoms with Crippen LogP contribution in [0, 0.1) is 19.8 Å². The van der Waals surface area contributed by atoms with Crippen LogP contribution in [0.15, 0.2) is 30.2 Å². The van der Waals surface area contributed by atoms with Gasteiger partial charge in [-0.2, -0.15) is 0 Å². The smallest absolute Gasteiger partial charge is 0.207 e. The summed E-state index contributed by atoms with van der Waals surface area (Å²) in [6, 6.07) is 5.99. The fourth-order valence-corrected chi connectivity index (χ4v) is 3.70. The van der Waals surface area contributed by atoms with Crippen LogP contribution in [0.3, 0.4) is 0 Å². The summed E-state index contributed by atoms with van der Waals surface area (Å²) in [6.07, 6.45) is 7.64. The number of aryl methyl sites for hydroxylation is 2. The highest BCUT2D eigenvalue weighted by molar-refractivity contribution is 5.96. The summed E-state index contributed by atoms with van der Waals surface area (Å²) < 4.78 is 17.8. The van der Waals surface area contributed by atoms with Crippen molar-refractivity contribution in [2.24, 2.45) is 5.92 Å². The molecule has 142 valence electrons. The van der Waals surface area contributed by atoms with Crippen LogP contribution in [0.1, 0.15) is 56.6 Å². The largest absolute Gasteiger partial charge is 0.493 e. The molecule has 0 N–H and O–H groups in total. The summed E-state index contributed by atoms with van der Waals surface area (Å²) in [5, 5.41) is 0. The molecule has 1 aromatic carbocycles. The van der Waals surface area contributed by atoms with Crippen LogP contribution in [-0.2, 0) is 14.3 Å². The van der Waals surface area contributed by atoms with Crippen molar-refractivity contribution < 1.29 is 19.0 Å². The van der Waals surface area contributed by atoms with Crippen LogP contribution in [0.4, 0.5) is 0 Å². The normalized spacial score (nSPS) is 25.3. The molecule has 1 heterocycles. The van der Waals surface area contributed by atoms with Gasteiger partial charge in [-0.15, -0.1) is 0 Å². The van der Waals surface area contributed by atoms with Crippen molar-refractivity contribution in [3.05, 3.63) is 41.3 Å². The third kappa shape index (κ3) is 4.47. The van der Waals surface area contributed by atoms with E-state index in [0.29, 0.717) is 5.76 Å². The van der Waals surface area contributed by atoms with Gasteiger partial charge in [-0.05, 0) is 50.3 Å². The van der Waals surface area contributed by atoms with Gasteiger partial charge < -0.3 is 14.2 Å². The maximum atomic E-state index is 12.9. The van der Waals surface area contributed by atoms with Crippen molar-refractivity contribution in [3.8, 4) is 5.75 Å². The molecule has 1 aliphatic carbocycles. The van der Waals surface area contributed by atoms with Crippen LogP contribution in [-0.4, -0.2) is 24.6 Å². The van der Waals surface area contributed by atoms with Crippen molar-refractivity contribution in [3.63, 3.8) is 0 Å². The van der Waals surface area contributed by atoms with Gasteiger partial charge in [0.1, 0.15) is 18.1 Å². The minimum Gasteiger partial charge on any atom is -0.493 e. The van der Waals surface area contributed by atoms with Crippen molar-refractivity contribution in [2.45, 2.75) is 71.5 Å². The number of Topliss-reactive ketones (excluding diaryl/α,β-unsaturated/α-hetero) is 1. The van der Waals surface area contributed by atoms with Gasteiger partial charge in [0, 0.05) is 13.0 Å². The summed E-state index contributed by atoms with van der Waals surface area (Å²) in [6.45, 7) is 6.99. The third-order valence-corrected chi connectivity index (χ3v) is 5.34. The molecule has 3 rings (SSSR count). The summed E-state index contributed by atoms with van der Waals surface area (Å²) in [4.78, 5) is 12.9. The number of unbranched alkanes of at least 4 members (excludes halogenated alkanes) is 2. The van der Waals surface area contributed by atoms with E-state index < -0.39 is 0 Å². The lowest BCUT2D eigenvalue weighted by Gasteiger charge is -2.37. The molecule has 0 aromatic heterocycles. The van der Waals surface area contributed by atoms with E-state index in [1.165, 1.54) is 19.1 Å². The average Bonchev–Trinajstić information content (AvgIpc) is 2.64. The fourth-order valence-electron chi connectivity index (χ4n) is 3.70. The predicted octanol–water partition coefficient (Wildman–Crippen LogP) is 4.87. The summed E-state index contributed by atoms with van der Waals surface area (Å²) >= 11 is 0. The number of allylic oxidation sites excluding steroid dienone is 1. The van der Waals surface area contributed by atoms with E-state index >= 15 is 0 Å². The summed E-state index contributed by atoms with van der Waals surface area (Å²) in [7, 11) is 0. The number of ether oxygens (including phenoxy) is 3. The van der Waals surface area contributed by atoms with Crippen molar-refractivity contribution in [1.82, 2.24) is 0 Å². The zero-order valence-corrected chi connectivity index (χ0v) is 16.1. The minimum absolute atomic E-state index is 0.0617. The van der Waals surface area contributed by atoms with Crippen LogP contribution >= 0.6 is 0 Å². The molecule has 0 amide bonds. The topological polar surface area (TPSA) is 44.8 Å². The van der Waals surface area contributed by atoms with Gasteiger partial charge in [0.25, 0.3) is 0 Å². The standard InChI is InChI=1S/C22H30O4/c1-4-5-6-11-24-17-9-10-18-20(13-17)25-14-21(22(18)23)26-19-12-15(2)7-8-16(19)3/h7-8,12,14,17-18,20H,4-6,9-11,13H2,1-3H3. The van der Waals surface area contributed by atoms with Crippen LogP contribution in [0.5, 0.6) is 5.75 Å². The molecule has 4 nitrogen and oxygen atoms in total. The van der Waals surface area contributed by atoms with E-state index in [-0.39, 0.29) is 23.9 Å². The Morgan fingerprint density at radius 2 is 2.04 bits per heavy atom. The Labute approximate surface area is 156 Å². The Morgan fingerprint density at radius 3 is 2.85 bits per heavy atom. The highest BCUT2D eigenvalue weighted by Gasteiger charge is 2.41. The molecular weight excluding hydrogens is 328 g/mol. The molecule has 1 aliphatic heterocycles. The quantitative estimate of drug-likeness (QED) is 0.653. The number of ketones is 1. The Bertz CT molecular complexity index is 664. The van der Waals surface area contributed by atoms with Gasteiger partial charge in [-0.1, -0.05) is 31.9 Å². The van der Waals surface area contributed by atoms with Gasteiger partial charge in [-0.25, -0.2) is 0 Å². The average molecular weight is 358 g/mol. The summed E-state index contributed by atoms with van der Waals surface area (Å²) in [5.74, 6) is 0.990. The van der Waals surface area contributed by atoms with Crippen LogP contribution in [0.2, 0.25) is 0 Å². The first kappa shape index (κ1) is 19.0. The van der Waals surface area contributed by atoms with E-state index in [9.17, 15) is 4.79 Å². The van der Waals surface area contributed by atoms with E-state index in [0.717, 1.165) is 49.2 Å². The van der Waals surface area contributed by atoms with Crippen LogP contribution in [0.25, 0.3) is 0 Å². The van der Waals surface area contributed by atoms with E-state index in [4.69, 9.17) is 14.2 Å². The molecule has 26 heavy (non-hydrogen) atoms. The maximum Gasteiger partial charge on any atom is 0.207 e. The number of hydrogen-bond donors (Lipinski definition) is 0. The Balaban J connectivity index is 1.59. The van der Waals surface area contributed by atoms with Crippen molar-refractivity contribution >= 4 is 5.78 Å². The zero-order chi connectivity index (χ0) is 18.5. The van der Waals surface area contributed by atoms with Gasteiger partial charge >= 0.3 is 0 Å². The SMILES string of the molecule is CCCCCOC1CCC2C(=O)C(Oc3cc(C)ccc3C)=COC2C1. The molecule has 4 heteroatoms. The lowest BCUT2D eigenvalue weighted by atomic mass is 9.80. The molecule has 0 saturated heterocycles. The number of hydrogen-bond acceptors (Lipinski definition) is 4. The van der Waals surface area contributed by atoms with Gasteiger partial charge in [-0.3, -0.25) is 4.79 Å². The first-order valence-corrected chi connectivity index (χ1v) is 9.85. The van der Waals surface area contributed by atoms with Gasteiger partial charge in [0.15, 0.2) is 0 Å². The molecule has 2 aliphatic rings. The van der Waals surface area contributed by atoms with Crippen molar-refractivity contribution in [1.29, 1.82) is 0 Å². The third-order valence-electron chi connectivity index (χ3n) is 5.34. The number of fused-ring (bicyclic) bond motifs is 1. The highest BCUT2D eigenvalue weighted by Crippen LogP contribution is 2.35. The maximum absolute atomic E-state index is 12.9. The van der Waals surface area contributed by atoms with Crippen LogP contribution < -0.4 is 4.74 Å². The molecule has 0 radical (unpaired) electrons. The molecule has 3 unspecified atom stereocenters. The molecule has 0 spiro atoms. The second kappa shape index (κ2) is 8.72. The zero-order valence-electron chi connectivity index (χ0n) is 16.1. The van der Waals surface area contributed by atoms with Gasteiger partial charge in [0.05, 0.1) is 12.0 Å². The minimum atomic E-state index is -0.115. The first-order valence-electron chi connectivity index (χ1n) is 9.85. The molecule has 0 bridgehead atoms. The Kier molecular flexibility index (Phi) is 6.36. The number of carbonyl (C=O) groups is 1.